The van der Waals surface area contributed by atoms with Crippen molar-refractivity contribution in [3.05, 3.63) is 0 Å². The van der Waals surface area contributed by atoms with Gasteiger partial charge in [0.05, 0.1) is 0 Å². The van der Waals surface area contributed by atoms with Gasteiger partial charge in [-0.05, 0) is 12.8 Å². The molecule has 2 rings (SSSR count). The molecule has 0 N–H and O–H groups in total. The zero-order valence-electron chi connectivity index (χ0n) is 6.58. The van der Waals surface area contributed by atoms with E-state index in [9.17, 15) is 4.79 Å². The first-order valence-corrected chi connectivity index (χ1v) is 4.04. The molecule has 0 bridgehead atoms. The van der Waals surface area contributed by atoms with Gasteiger partial charge in [0.2, 0.25) is 0 Å². The first-order valence-electron chi connectivity index (χ1n) is 4.04. The first-order chi connectivity index (χ1) is 5.33. The van der Waals surface area contributed by atoms with Gasteiger partial charge in [0.1, 0.15) is 11.9 Å². The number of Topliss-reactive ketones (excluding diaryl/α,β-unsaturated/α-hetero) is 1. The molecule has 3 heteroatoms. The fourth-order valence-corrected chi connectivity index (χ4v) is 1.77. The second-order valence-electron chi connectivity index (χ2n) is 3.17. The van der Waals surface area contributed by atoms with Gasteiger partial charge in [-0.1, -0.05) is 0 Å². The van der Waals surface area contributed by atoms with Crippen molar-refractivity contribution in [2.24, 2.45) is 5.92 Å². The van der Waals surface area contributed by atoms with E-state index < -0.39 is 0 Å². The standard InChI is InChI=1S/C8H12O3/c1-10-8-7(11-8)5-3-2-4-6(5)9/h5,7-8H,2-4H2,1H3. The summed E-state index contributed by atoms with van der Waals surface area (Å²) in [6.45, 7) is 0. The summed E-state index contributed by atoms with van der Waals surface area (Å²) in [5.41, 5.74) is 0. The molecule has 3 unspecified atom stereocenters. The van der Waals surface area contributed by atoms with Gasteiger partial charge in [-0.15, -0.1) is 0 Å². The van der Waals surface area contributed by atoms with Crippen molar-refractivity contribution in [2.75, 3.05) is 7.11 Å². The van der Waals surface area contributed by atoms with Crippen molar-refractivity contribution in [2.45, 2.75) is 31.7 Å². The van der Waals surface area contributed by atoms with E-state index in [-0.39, 0.29) is 18.3 Å². The zero-order valence-corrected chi connectivity index (χ0v) is 6.58. The van der Waals surface area contributed by atoms with Crippen LogP contribution in [0.25, 0.3) is 0 Å². The minimum Gasteiger partial charge on any atom is -0.353 e. The number of rotatable bonds is 2. The highest BCUT2D eigenvalue weighted by Crippen LogP contribution is 2.37. The van der Waals surface area contributed by atoms with Gasteiger partial charge in [0, 0.05) is 19.4 Å². The smallest absolute Gasteiger partial charge is 0.184 e. The monoisotopic (exact) mass is 156 g/mol. The van der Waals surface area contributed by atoms with E-state index in [0.29, 0.717) is 5.78 Å². The summed E-state index contributed by atoms with van der Waals surface area (Å²) >= 11 is 0. The highest BCUT2D eigenvalue weighted by atomic mass is 16.8. The van der Waals surface area contributed by atoms with Crippen LogP contribution in [0.1, 0.15) is 19.3 Å². The molecule has 3 atom stereocenters. The lowest BCUT2D eigenvalue weighted by Gasteiger charge is -2.00. The third-order valence-corrected chi connectivity index (χ3v) is 2.46. The lowest BCUT2D eigenvalue weighted by molar-refractivity contribution is -0.121. The van der Waals surface area contributed by atoms with E-state index in [4.69, 9.17) is 9.47 Å². The van der Waals surface area contributed by atoms with E-state index in [0.717, 1.165) is 19.3 Å². The summed E-state index contributed by atoms with van der Waals surface area (Å²) in [5.74, 6) is 0.495. The van der Waals surface area contributed by atoms with Gasteiger partial charge < -0.3 is 9.47 Å². The molecule has 3 nitrogen and oxygen atoms in total. The highest BCUT2D eigenvalue weighted by Gasteiger charge is 2.49. The maximum atomic E-state index is 11.2. The third-order valence-electron chi connectivity index (χ3n) is 2.46. The summed E-state index contributed by atoms with van der Waals surface area (Å²) < 4.78 is 10.1. The molecule has 0 aromatic heterocycles. The van der Waals surface area contributed by atoms with Crippen molar-refractivity contribution in [1.29, 1.82) is 0 Å². The average molecular weight is 156 g/mol. The number of ketones is 1. The lowest BCUT2D eigenvalue weighted by atomic mass is 10.0. The van der Waals surface area contributed by atoms with Crippen molar-refractivity contribution < 1.29 is 14.3 Å². The Labute approximate surface area is 65.7 Å². The molecular formula is C8H12O3. The number of methoxy groups -OCH3 is 1. The largest absolute Gasteiger partial charge is 0.353 e. The van der Waals surface area contributed by atoms with Crippen molar-refractivity contribution in [1.82, 2.24) is 0 Å². The van der Waals surface area contributed by atoms with Crippen LogP contribution in [0.15, 0.2) is 0 Å². The van der Waals surface area contributed by atoms with Crippen LogP contribution < -0.4 is 0 Å². The molecule has 1 saturated heterocycles. The first kappa shape index (κ1) is 7.25. The zero-order chi connectivity index (χ0) is 7.84. The Bertz CT molecular complexity index is 178. The Kier molecular flexibility index (Phi) is 1.69. The van der Waals surface area contributed by atoms with E-state index in [1.165, 1.54) is 0 Å². The molecule has 0 aromatic carbocycles. The Morgan fingerprint density at radius 3 is 2.91 bits per heavy atom. The Morgan fingerprint density at radius 1 is 1.64 bits per heavy atom. The van der Waals surface area contributed by atoms with Crippen molar-refractivity contribution in [3.63, 3.8) is 0 Å². The molecule has 2 fully saturated rings. The van der Waals surface area contributed by atoms with Gasteiger partial charge in [-0.25, -0.2) is 0 Å². The Hall–Kier alpha value is -0.410. The maximum absolute atomic E-state index is 11.2. The molecule has 0 aromatic rings. The molecule has 11 heavy (non-hydrogen) atoms. The van der Waals surface area contributed by atoms with Crippen LogP contribution in [0.4, 0.5) is 0 Å². The summed E-state index contributed by atoms with van der Waals surface area (Å²) in [5, 5.41) is 0. The fourth-order valence-electron chi connectivity index (χ4n) is 1.77. The Morgan fingerprint density at radius 2 is 2.45 bits per heavy atom. The van der Waals surface area contributed by atoms with Gasteiger partial charge in [-0.3, -0.25) is 4.79 Å². The summed E-state index contributed by atoms with van der Waals surface area (Å²) in [6, 6.07) is 0. The second kappa shape index (κ2) is 2.57. The molecule has 62 valence electrons. The summed E-state index contributed by atoms with van der Waals surface area (Å²) in [7, 11) is 1.62. The number of carbonyl (C=O) groups excluding carboxylic acids is 1. The molecule has 1 aliphatic heterocycles. The van der Waals surface area contributed by atoms with E-state index in [1.807, 2.05) is 0 Å². The number of carbonyl (C=O) groups is 1. The third kappa shape index (κ3) is 1.19. The predicted molar refractivity (Wildman–Crippen MR) is 38.0 cm³/mol. The molecule has 0 spiro atoms. The molecule has 2 aliphatic rings. The van der Waals surface area contributed by atoms with E-state index >= 15 is 0 Å². The van der Waals surface area contributed by atoms with Crippen molar-refractivity contribution >= 4 is 5.78 Å². The van der Waals surface area contributed by atoms with Crippen LogP contribution in [0.2, 0.25) is 0 Å². The predicted octanol–water partition coefficient (Wildman–Crippen LogP) is 0.727. The highest BCUT2D eigenvalue weighted by molar-refractivity contribution is 5.83. The van der Waals surface area contributed by atoms with Crippen molar-refractivity contribution in [3.8, 4) is 0 Å². The molecule has 1 heterocycles. The lowest BCUT2D eigenvalue weighted by Crippen LogP contribution is -2.15. The number of ether oxygens (including phenoxy) is 2. The SMILES string of the molecule is COC1OC1C1CCCC1=O. The van der Waals surface area contributed by atoms with Gasteiger partial charge in [0.25, 0.3) is 0 Å². The number of hydrogen-bond acceptors (Lipinski definition) is 3. The number of hydrogen-bond donors (Lipinski definition) is 0. The van der Waals surface area contributed by atoms with Crippen LogP contribution in [0.5, 0.6) is 0 Å². The normalized spacial score (nSPS) is 43.0. The molecule has 0 radical (unpaired) electrons. The molecule has 1 saturated carbocycles. The maximum Gasteiger partial charge on any atom is 0.184 e. The molecule has 1 aliphatic carbocycles. The minimum absolute atomic E-state index is 0.0787. The topological polar surface area (TPSA) is 38.8 Å². The van der Waals surface area contributed by atoms with Gasteiger partial charge >= 0.3 is 0 Å². The average Bonchev–Trinajstić information content (AvgIpc) is 2.68. The van der Waals surface area contributed by atoms with Gasteiger partial charge in [0.15, 0.2) is 6.29 Å². The van der Waals surface area contributed by atoms with Crippen LogP contribution in [-0.4, -0.2) is 25.3 Å². The summed E-state index contributed by atoms with van der Waals surface area (Å²) in [4.78, 5) is 11.2. The van der Waals surface area contributed by atoms with Gasteiger partial charge in [-0.2, -0.15) is 0 Å². The second-order valence-corrected chi connectivity index (χ2v) is 3.17. The number of epoxide rings is 1. The van der Waals surface area contributed by atoms with Crippen LogP contribution >= 0.6 is 0 Å². The molecular weight excluding hydrogens is 144 g/mol. The Balaban J connectivity index is 1.91. The van der Waals surface area contributed by atoms with E-state index in [2.05, 4.69) is 0 Å². The minimum atomic E-state index is -0.0953. The summed E-state index contributed by atoms with van der Waals surface area (Å²) in [6.07, 6.45) is 2.74. The van der Waals surface area contributed by atoms with Crippen LogP contribution in [0, 0.1) is 5.92 Å². The quantitative estimate of drug-likeness (QED) is 0.553. The van der Waals surface area contributed by atoms with Crippen LogP contribution in [-0.2, 0) is 14.3 Å². The fraction of sp³-hybridized carbons (Fsp3) is 0.875. The molecule has 0 amide bonds. The van der Waals surface area contributed by atoms with E-state index in [1.54, 1.807) is 7.11 Å². The van der Waals surface area contributed by atoms with Crippen LogP contribution in [0.3, 0.4) is 0 Å².